The zero-order chi connectivity index (χ0) is 14.8. The molecule has 2 aliphatic rings. The van der Waals surface area contributed by atoms with Crippen LogP contribution in [0.15, 0.2) is 24.3 Å². The number of para-hydroxylation sites is 1. The summed E-state index contributed by atoms with van der Waals surface area (Å²) in [5.74, 6) is 0.181. The van der Waals surface area contributed by atoms with Gasteiger partial charge in [-0.15, -0.1) is 0 Å². The minimum atomic E-state index is -0.139. The molecular weight excluding hydrogens is 266 g/mol. The largest absolute Gasteiger partial charge is 0.373 e. The van der Waals surface area contributed by atoms with Crippen LogP contribution in [0.4, 0.5) is 5.69 Å². The fourth-order valence-corrected chi connectivity index (χ4v) is 3.20. The Balaban J connectivity index is 1.55. The smallest absolute Gasteiger partial charge is 0.245 e. The maximum absolute atomic E-state index is 12.6. The fourth-order valence-electron chi connectivity index (χ4n) is 3.20. The van der Waals surface area contributed by atoms with Gasteiger partial charge in [-0.1, -0.05) is 18.2 Å². The van der Waals surface area contributed by atoms with E-state index in [9.17, 15) is 9.59 Å². The van der Waals surface area contributed by atoms with Crippen molar-refractivity contribution in [1.82, 2.24) is 10.2 Å². The van der Waals surface area contributed by atoms with Gasteiger partial charge < -0.3 is 15.5 Å². The zero-order valence-corrected chi connectivity index (χ0v) is 12.3. The number of rotatable bonds is 2. The third-order valence-electron chi connectivity index (χ3n) is 4.28. The van der Waals surface area contributed by atoms with Gasteiger partial charge in [-0.05, 0) is 24.5 Å². The Hall–Kier alpha value is -2.04. The van der Waals surface area contributed by atoms with Gasteiger partial charge in [0, 0.05) is 38.2 Å². The lowest BCUT2D eigenvalue weighted by molar-refractivity contribution is -0.133. The quantitative estimate of drug-likeness (QED) is 0.858. The Bertz CT molecular complexity index is 525. The first-order valence-electron chi connectivity index (χ1n) is 7.54. The molecule has 0 radical (unpaired) electrons. The first-order chi connectivity index (χ1) is 10.1. The predicted molar refractivity (Wildman–Crippen MR) is 81.0 cm³/mol. The van der Waals surface area contributed by atoms with Crippen molar-refractivity contribution in [3.63, 3.8) is 0 Å². The molecule has 1 aromatic rings. The molecule has 1 saturated heterocycles. The molecule has 2 N–H and O–H groups in total. The lowest BCUT2D eigenvalue weighted by atomic mass is 10.0. The minimum absolute atomic E-state index is 0.00712. The van der Waals surface area contributed by atoms with Crippen molar-refractivity contribution in [2.24, 2.45) is 0 Å². The van der Waals surface area contributed by atoms with E-state index in [1.807, 2.05) is 23.1 Å². The summed E-state index contributed by atoms with van der Waals surface area (Å²) in [5, 5.41) is 6.25. The zero-order valence-electron chi connectivity index (χ0n) is 12.3. The Morgan fingerprint density at radius 2 is 1.95 bits per heavy atom. The molecule has 5 nitrogen and oxygen atoms in total. The van der Waals surface area contributed by atoms with Crippen LogP contribution >= 0.6 is 0 Å². The normalized spacial score (nSPS) is 21.6. The molecule has 0 saturated carbocycles. The van der Waals surface area contributed by atoms with Gasteiger partial charge in [0.25, 0.3) is 0 Å². The van der Waals surface area contributed by atoms with E-state index in [0.29, 0.717) is 0 Å². The molecule has 112 valence electrons. The molecule has 1 aromatic carbocycles. The molecule has 5 heteroatoms. The Morgan fingerprint density at radius 1 is 1.24 bits per heavy atom. The maximum Gasteiger partial charge on any atom is 0.245 e. The van der Waals surface area contributed by atoms with Gasteiger partial charge in [0.2, 0.25) is 11.8 Å². The molecule has 0 aliphatic carbocycles. The van der Waals surface area contributed by atoms with Crippen LogP contribution in [-0.2, 0) is 16.0 Å². The summed E-state index contributed by atoms with van der Waals surface area (Å²) < 4.78 is 0. The summed E-state index contributed by atoms with van der Waals surface area (Å²) in [6, 6.07) is 8.15. The van der Waals surface area contributed by atoms with Crippen LogP contribution in [0.3, 0.4) is 0 Å². The second kappa shape index (κ2) is 5.76. The van der Waals surface area contributed by atoms with Gasteiger partial charge in [-0.25, -0.2) is 0 Å². The van der Waals surface area contributed by atoms with Gasteiger partial charge in [-0.3, -0.25) is 9.59 Å². The number of carbonyl (C=O) groups is 2. The van der Waals surface area contributed by atoms with Crippen molar-refractivity contribution in [2.45, 2.75) is 38.3 Å². The van der Waals surface area contributed by atoms with Crippen molar-refractivity contribution in [3.05, 3.63) is 29.8 Å². The number of piperidine rings is 1. The average molecular weight is 287 g/mol. The SMILES string of the molecule is CC(=O)NC1CCN(C(=O)[C@@H]2Cc3ccccc3N2)CC1. The van der Waals surface area contributed by atoms with Gasteiger partial charge >= 0.3 is 0 Å². The monoisotopic (exact) mass is 287 g/mol. The van der Waals surface area contributed by atoms with Gasteiger partial charge in [0.1, 0.15) is 6.04 Å². The highest BCUT2D eigenvalue weighted by Gasteiger charge is 2.32. The molecule has 0 unspecified atom stereocenters. The molecule has 0 aromatic heterocycles. The standard InChI is InChI=1S/C16H21N3O2/c1-11(20)17-13-6-8-19(9-7-13)16(21)15-10-12-4-2-3-5-14(12)18-15/h2-5,13,15,18H,6-10H2,1H3,(H,17,20)/t15-/m0/s1. The molecule has 21 heavy (non-hydrogen) atoms. The third-order valence-corrected chi connectivity index (χ3v) is 4.28. The molecule has 0 bridgehead atoms. The number of anilines is 1. The first kappa shape index (κ1) is 13.9. The summed E-state index contributed by atoms with van der Waals surface area (Å²) >= 11 is 0. The topological polar surface area (TPSA) is 61.4 Å². The van der Waals surface area contributed by atoms with Crippen molar-refractivity contribution in [1.29, 1.82) is 0 Å². The van der Waals surface area contributed by atoms with E-state index in [-0.39, 0.29) is 23.9 Å². The summed E-state index contributed by atoms with van der Waals surface area (Å²) in [6.07, 6.45) is 2.44. The first-order valence-corrected chi connectivity index (χ1v) is 7.54. The second-order valence-corrected chi connectivity index (χ2v) is 5.86. The number of amides is 2. The number of carbonyl (C=O) groups excluding carboxylic acids is 2. The highest BCUT2D eigenvalue weighted by molar-refractivity contribution is 5.87. The Morgan fingerprint density at radius 3 is 2.62 bits per heavy atom. The summed E-state index contributed by atoms with van der Waals surface area (Å²) in [5.41, 5.74) is 2.29. The Kier molecular flexibility index (Phi) is 3.82. The van der Waals surface area contributed by atoms with E-state index >= 15 is 0 Å². The number of nitrogens with zero attached hydrogens (tertiary/aromatic N) is 1. The van der Waals surface area contributed by atoms with E-state index in [4.69, 9.17) is 0 Å². The summed E-state index contributed by atoms with van der Waals surface area (Å²) in [4.78, 5) is 25.6. The molecular formula is C16H21N3O2. The lowest BCUT2D eigenvalue weighted by Crippen LogP contribution is -2.50. The maximum atomic E-state index is 12.6. The van der Waals surface area contributed by atoms with Crippen molar-refractivity contribution in [3.8, 4) is 0 Å². The van der Waals surface area contributed by atoms with Crippen LogP contribution in [0.25, 0.3) is 0 Å². The average Bonchev–Trinajstić information content (AvgIpc) is 2.90. The van der Waals surface area contributed by atoms with E-state index in [0.717, 1.165) is 38.0 Å². The number of benzene rings is 1. The summed E-state index contributed by atoms with van der Waals surface area (Å²) in [7, 11) is 0. The number of likely N-dealkylation sites (tertiary alicyclic amines) is 1. The molecule has 1 fully saturated rings. The van der Waals surface area contributed by atoms with Crippen molar-refractivity contribution < 1.29 is 9.59 Å². The van der Waals surface area contributed by atoms with Crippen LogP contribution in [-0.4, -0.2) is 41.9 Å². The van der Waals surface area contributed by atoms with E-state index in [1.54, 1.807) is 0 Å². The van der Waals surface area contributed by atoms with E-state index in [2.05, 4.69) is 16.7 Å². The van der Waals surface area contributed by atoms with Crippen LogP contribution in [0.2, 0.25) is 0 Å². The molecule has 2 amide bonds. The molecule has 2 heterocycles. The van der Waals surface area contributed by atoms with Crippen molar-refractivity contribution >= 4 is 17.5 Å². The predicted octanol–water partition coefficient (Wildman–Crippen LogP) is 1.15. The highest BCUT2D eigenvalue weighted by Crippen LogP contribution is 2.26. The molecule has 2 aliphatic heterocycles. The van der Waals surface area contributed by atoms with Crippen LogP contribution < -0.4 is 10.6 Å². The van der Waals surface area contributed by atoms with Gasteiger partial charge in [0.05, 0.1) is 0 Å². The van der Waals surface area contributed by atoms with Crippen LogP contribution in [0.5, 0.6) is 0 Å². The Labute approximate surface area is 124 Å². The summed E-state index contributed by atoms with van der Waals surface area (Å²) in [6.45, 7) is 2.98. The van der Waals surface area contributed by atoms with E-state index < -0.39 is 0 Å². The van der Waals surface area contributed by atoms with E-state index in [1.165, 1.54) is 12.5 Å². The number of hydrogen-bond acceptors (Lipinski definition) is 3. The lowest BCUT2D eigenvalue weighted by Gasteiger charge is -2.33. The van der Waals surface area contributed by atoms with Gasteiger partial charge in [-0.2, -0.15) is 0 Å². The third kappa shape index (κ3) is 3.01. The fraction of sp³-hybridized carbons (Fsp3) is 0.500. The van der Waals surface area contributed by atoms with Gasteiger partial charge in [0.15, 0.2) is 0 Å². The number of fused-ring (bicyclic) bond motifs is 1. The number of nitrogens with one attached hydrogen (secondary N) is 2. The van der Waals surface area contributed by atoms with Crippen LogP contribution in [0.1, 0.15) is 25.3 Å². The minimum Gasteiger partial charge on any atom is -0.373 e. The highest BCUT2D eigenvalue weighted by atomic mass is 16.2. The van der Waals surface area contributed by atoms with Crippen LogP contribution in [0, 0.1) is 0 Å². The molecule has 1 atom stereocenters. The molecule has 0 spiro atoms. The van der Waals surface area contributed by atoms with Crippen molar-refractivity contribution in [2.75, 3.05) is 18.4 Å². The second-order valence-electron chi connectivity index (χ2n) is 5.86. The molecule has 3 rings (SSSR count). The number of hydrogen-bond donors (Lipinski definition) is 2.